The zero-order chi connectivity index (χ0) is 15.4. The maximum Gasteiger partial charge on any atom is 0.119 e. The van der Waals surface area contributed by atoms with Crippen LogP contribution in [0.4, 0.5) is 0 Å². The van der Waals surface area contributed by atoms with Crippen molar-refractivity contribution < 1.29 is 5.11 Å². The van der Waals surface area contributed by atoms with E-state index in [2.05, 4.69) is 36.2 Å². The minimum absolute atomic E-state index is 0.213. The van der Waals surface area contributed by atoms with Crippen molar-refractivity contribution in [1.82, 2.24) is 4.90 Å². The number of hydrogen-bond acceptors (Lipinski definition) is 2. The molecule has 1 aliphatic heterocycles. The molecule has 0 aliphatic carbocycles. The number of aliphatic hydroxyl groups is 1. The van der Waals surface area contributed by atoms with E-state index < -0.39 is 5.60 Å². The van der Waals surface area contributed by atoms with Crippen LogP contribution in [0.15, 0.2) is 60.7 Å². The lowest BCUT2D eigenvalue weighted by Crippen LogP contribution is -2.41. The standard InChI is InChI=1S/C20H25NO/c1-21-15-9-8-14-19(16-21)20(22,17-10-4-2-5-11-17)18-12-6-3-7-13-18/h2-7,10-13,19,22H,8-9,14-16H2,1H3. The molecular weight excluding hydrogens is 270 g/mol. The molecule has 1 saturated heterocycles. The molecule has 2 heteroatoms. The molecule has 116 valence electrons. The van der Waals surface area contributed by atoms with Gasteiger partial charge in [-0.2, -0.15) is 0 Å². The van der Waals surface area contributed by atoms with Gasteiger partial charge in [0.15, 0.2) is 0 Å². The molecule has 0 aromatic heterocycles. The largest absolute Gasteiger partial charge is 0.380 e. The SMILES string of the molecule is CN1CCCCC(C(O)(c2ccccc2)c2ccccc2)C1. The summed E-state index contributed by atoms with van der Waals surface area (Å²) in [4.78, 5) is 2.36. The van der Waals surface area contributed by atoms with Gasteiger partial charge in [-0.05, 0) is 37.6 Å². The van der Waals surface area contributed by atoms with Crippen LogP contribution in [0.5, 0.6) is 0 Å². The molecular formula is C20H25NO. The Bertz CT molecular complexity index is 542. The third-order valence-corrected chi connectivity index (χ3v) is 4.89. The lowest BCUT2D eigenvalue weighted by atomic mass is 9.74. The second-order valence-corrected chi connectivity index (χ2v) is 6.45. The van der Waals surface area contributed by atoms with Crippen molar-refractivity contribution in [2.45, 2.75) is 24.9 Å². The van der Waals surface area contributed by atoms with E-state index in [0.717, 1.165) is 30.6 Å². The topological polar surface area (TPSA) is 23.5 Å². The van der Waals surface area contributed by atoms with E-state index in [-0.39, 0.29) is 5.92 Å². The summed E-state index contributed by atoms with van der Waals surface area (Å²) in [7, 11) is 2.16. The molecule has 2 aromatic carbocycles. The van der Waals surface area contributed by atoms with Crippen LogP contribution in [0.2, 0.25) is 0 Å². The van der Waals surface area contributed by atoms with E-state index >= 15 is 0 Å². The van der Waals surface area contributed by atoms with Crippen molar-refractivity contribution in [3.8, 4) is 0 Å². The monoisotopic (exact) mass is 295 g/mol. The molecule has 1 N–H and O–H groups in total. The molecule has 1 fully saturated rings. The molecule has 0 bridgehead atoms. The van der Waals surface area contributed by atoms with Crippen molar-refractivity contribution in [1.29, 1.82) is 0 Å². The Morgan fingerprint density at radius 3 is 2.00 bits per heavy atom. The number of benzene rings is 2. The molecule has 2 nitrogen and oxygen atoms in total. The molecule has 1 unspecified atom stereocenters. The summed E-state index contributed by atoms with van der Waals surface area (Å²) >= 11 is 0. The van der Waals surface area contributed by atoms with E-state index in [9.17, 15) is 5.11 Å². The van der Waals surface area contributed by atoms with Crippen molar-refractivity contribution >= 4 is 0 Å². The van der Waals surface area contributed by atoms with Gasteiger partial charge in [0.05, 0.1) is 0 Å². The summed E-state index contributed by atoms with van der Waals surface area (Å²) in [6.07, 6.45) is 3.45. The Balaban J connectivity index is 2.07. The summed E-state index contributed by atoms with van der Waals surface area (Å²) in [5, 5.41) is 11.8. The van der Waals surface area contributed by atoms with Crippen LogP contribution in [0.3, 0.4) is 0 Å². The highest BCUT2D eigenvalue weighted by molar-refractivity contribution is 5.37. The van der Waals surface area contributed by atoms with Gasteiger partial charge in [-0.25, -0.2) is 0 Å². The maximum absolute atomic E-state index is 11.8. The molecule has 0 saturated carbocycles. The van der Waals surface area contributed by atoms with Crippen molar-refractivity contribution in [2.75, 3.05) is 20.1 Å². The lowest BCUT2D eigenvalue weighted by Gasteiger charge is -2.38. The minimum atomic E-state index is -0.916. The van der Waals surface area contributed by atoms with Crippen LogP contribution in [-0.2, 0) is 5.60 Å². The van der Waals surface area contributed by atoms with Crippen LogP contribution in [-0.4, -0.2) is 30.1 Å². The van der Waals surface area contributed by atoms with Gasteiger partial charge in [0.2, 0.25) is 0 Å². The van der Waals surface area contributed by atoms with Gasteiger partial charge in [0.1, 0.15) is 5.60 Å². The molecule has 1 heterocycles. The Labute approximate surface area is 133 Å². The fourth-order valence-corrected chi connectivity index (χ4v) is 3.69. The van der Waals surface area contributed by atoms with Crippen molar-refractivity contribution in [3.05, 3.63) is 71.8 Å². The average Bonchev–Trinajstić information content (AvgIpc) is 2.80. The third-order valence-electron chi connectivity index (χ3n) is 4.89. The van der Waals surface area contributed by atoms with Gasteiger partial charge in [0, 0.05) is 12.5 Å². The first kappa shape index (κ1) is 15.3. The smallest absolute Gasteiger partial charge is 0.119 e. The van der Waals surface area contributed by atoms with E-state index in [1.54, 1.807) is 0 Å². The van der Waals surface area contributed by atoms with Crippen molar-refractivity contribution in [2.24, 2.45) is 5.92 Å². The summed E-state index contributed by atoms with van der Waals surface area (Å²) in [5.74, 6) is 0.213. The summed E-state index contributed by atoms with van der Waals surface area (Å²) in [5.41, 5.74) is 1.09. The highest BCUT2D eigenvalue weighted by Crippen LogP contribution is 2.40. The van der Waals surface area contributed by atoms with E-state index in [1.807, 2.05) is 36.4 Å². The molecule has 0 spiro atoms. The van der Waals surface area contributed by atoms with Crippen LogP contribution < -0.4 is 0 Å². The van der Waals surface area contributed by atoms with Crippen LogP contribution >= 0.6 is 0 Å². The fraction of sp³-hybridized carbons (Fsp3) is 0.400. The molecule has 3 rings (SSSR count). The van der Waals surface area contributed by atoms with Crippen LogP contribution in [0.25, 0.3) is 0 Å². The first-order valence-electron chi connectivity index (χ1n) is 8.23. The zero-order valence-corrected chi connectivity index (χ0v) is 13.3. The van der Waals surface area contributed by atoms with Crippen molar-refractivity contribution in [3.63, 3.8) is 0 Å². The van der Waals surface area contributed by atoms with Gasteiger partial charge in [0.25, 0.3) is 0 Å². The molecule has 22 heavy (non-hydrogen) atoms. The van der Waals surface area contributed by atoms with Gasteiger partial charge in [-0.1, -0.05) is 67.1 Å². The number of likely N-dealkylation sites (tertiary alicyclic amines) is 1. The third kappa shape index (κ3) is 2.94. The van der Waals surface area contributed by atoms with Gasteiger partial charge in [-0.15, -0.1) is 0 Å². The fourth-order valence-electron chi connectivity index (χ4n) is 3.69. The second-order valence-electron chi connectivity index (χ2n) is 6.45. The zero-order valence-electron chi connectivity index (χ0n) is 13.3. The Morgan fingerprint density at radius 2 is 1.45 bits per heavy atom. The Kier molecular flexibility index (Phi) is 4.60. The molecule has 0 radical (unpaired) electrons. The first-order valence-corrected chi connectivity index (χ1v) is 8.23. The lowest BCUT2D eigenvalue weighted by molar-refractivity contribution is 0.00330. The molecule has 1 aliphatic rings. The maximum atomic E-state index is 11.8. The Morgan fingerprint density at radius 1 is 0.909 bits per heavy atom. The summed E-state index contributed by atoms with van der Waals surface area (Å²) in [6, 6.07) is 20.3. The predicted molar refractivity (Wildman–Crippen MR) is 90.7 cm³/mol. The predicted octanol–water partition coefficient (Wildman–Crippen LogP) is 3.65. The minimum Gasteiger partial charge on any atom is -0.380 e. The summed E-state index contributed by atoms with van der Waals surface area (Å²) in [6.45, 7) is 2.05. The van der Waals surface area contributed by atoms with Crippen LogP contribution in [0.1, 0.15) is 30.4 Å². The van der Waals surface area contributed by atoms with Gasteiger partial charge in [-0.3, -0.25) is 0 Å². The molecule has 1 atom stereocenters. The number of rotatable bonds is 3. The van der Waals surface area contributed by atoms with Crippen LogP contribution in [0, 0.1) is 5.92 Å². The van der Waals surface area contributed by atoms with Gasteiger partial charge >= 0.3 is 0 Å². The van der Waals surface area contributed by atoms with E-state index in [1.165, 1.54) is 12.8 Å². The molecule has 2 aromatic rings. The first-order chi connectivity index (χ1) is 10.7. The highest BCUT2D eigenvalue weighted by atomic mass is 16.3. The normalized spacial score (nSPS) is 20.5. The number of hydrogen-bond donors (Lipinski definition) is 1. The molecule has 0 amide bonds. The average molecular weight is 295 g/mol. The second kappa shape index (κ2) is 6.64. The van der Waals surface area contributed by atoms with Gasteiger partial charge < -0.3 is 10.0 Å². The number of nitrogens with zero attached hydrogens (tertiary/aromatic N) is 1. The Hall–Kier alpha value is -1.64. The van der Waals surface area contributed by atoms with E-state index in [4.69, 9.17) is 0 Å². The summed E-state index contributed by atoms with van der Waals surface area (Å²) < 4.78 is 0. The highest BCUT2D eigenvalue weighted by Gasteiger charge is 2.40. The quantitative estimate of drug-likeness (QED) is 0.934. The van der Waals surface area contributed by atoms with E-state index in [0.29, 0.717) is 0 Å².